The Morgan fingerprint density at radius 3 is 2.34 bits per heavy atom. The fraction of sp³-hybridized carbons (Fsp3) is 0.395. The molecule has 1 saturated heterocycles. The van der Waals surface area contributed by atoms with Crippen molar-refractivity contribution in [3.63, 3.8) is 0 Å². The molecular formula is C38H45N9O6. The highest BCUT2D eigenvalue weighted by Crippen LogP contribution is 2.29. The molecule has 6 rings (SSSR count). The summed E-state index contributed by atoms with van der Waals surface area (Å²) in [7, 11) is 0. The molecule has 1 aliphatic carbocycles. The highest BCUT2D eigenvalue weighted by Gasteiger charge is 2.30. The Morgan fingerprint density at radius 2 is 1.62 bits per heavy atom. The molecule has 15 nitrogen and oxygen atoms in total. The lowest BCUT2D eigenvalue weighted by Gasteiger charge is -2.29. The summed E-state index contributed by atoms with van der Waals surface area (Å²) in [5.74, 6) is -0.400. The van der Waals surface area contributed by atoms with E-state index in [9.17, 15) is 19.2 Å². The first-order chi connectivity index (χ1) is 25.8. The van der Waals surface area contributed by atoms with Crippen LogP contribution < -0.4 is 21.3 Å². The number of carbonyl (C=O) groups is 4. The Bertz CT molecular complexity index is 1840. The Hall–Kier alpha value is -5.67. The number of benzene rings is 3. The lowest BCUT2D eigenvalue weighted by atomic mass is 9.81. The lowest BCUT2D eigenvalue weighted by molar-refractivity contribution is -0.130. The van der Waals surface area contributed by atoms with Crippen molar-refractivity contribution >= 4 is 29.5 Å². The molecule has 2 aliphatic rings. The van der Waals surface area contributed by atoms with E-state index in [0.717, 1.165) is 54.7 Å². The molecule has 4 amide bonds. The normalized spacial score (nSPS) is 18.0. The molecule has 0 bridgehead atoms. The van der Waals surface area contributed by atoms with E-state index in [0.29, 0.717) is 56.2 Å². The summed E-state index contributed by atoms with van der Waals surface area (Å²) >= 11 is 0. The zero-order valence-corrected chi connectivity index (χ0v) is 29.4. The largest absolute Gasteiger partial charge is 0.465 e. The second-order valence-corrected chi connectivity index (χ2v) is 13.5. The number of nitrogens with zero attached hydrogens (tertiary/aromatic N) is 4. The molecule has 1 aliphatic heterocycles. The van der Waals surface area contributed by atoms with Gasteiger partial charge in [0.05, 0.1) is 13.2 Å². The van der Waals surface area contributed by atoms with Crippen molar-refractivity contribution in [2.45, 2.75) is 38.1 Å². The van der Waals surface area contributed by atoms with Gasteiger partial charge in [-0.1, -0.05) is 36.4 Å². The van der Waals surface area contributed by atoms with Crippen LogP contribution in [0.5, 0.6) is 0 Å². The third-order valence-corrected chi connectivity index (χ3v) is 9.79. The first-order valence-corrected chi connectivity index (χ1v) is 18.0. The number of carboxylic acid groups (broad SMARTS) is 1. The maximum Gasteiger partial charge on any atom is 0.404 e. The number of amides is 4. The van der Waals surface area contributed by atoms with Gasteiger partial charge < -0.3 is 31.1 Å². The molecule has 1 saturated carbocycles. The van der Waals surface area contributed by atoms with Crippen LogP contribution in [-0.2, 0) is 20.7 Å². The molecule has 0 radical (unpaired) electrons. The number of aromatic amines is 1. The number of rotatable bonds is 14. The van der Waals surface area contributed by atoms with Gasteiger partial charge in [-0.05, 0) is 89.9 Å². The average Bonchev–Trinajstić information content (AvgIpc) is 3.73. The number of ether oxygens (including phenoxy) is 1. The minimum Gasteiger partial charge on any atom is -0.465 e. The first-order valence-electron chi connectivity index (χ1n) is 18.0. The third kappa shape index (κ3) is 10.7. The van der Waals surface area contributed by atoms with Crippen LogP contribution in [0.3, 0.4) is 0 Å². The van der Waals surface area contributed by atoms with Gasteiger partial charge in [0.2, 0.25) is 17.6 Å². The highest BCUT2D eigenvalue weighted by atomic mass is 16.5. The number of H-pyrrole nitrogens is 1. The summed E-state index contributed by atoms with van der Waals surface area (Å²) in [4.78, 5) is 53.6. The van der Waals surface area contributed by atoms with E-state index in [1.54, 1.807) is 30.3 Å². The number of morpholine rings is 1. The van der Waals surface area contributed by atoms with Crippen molar-refractivity contribution in [2.75, 3.05) is 51.3 Å². The molecule has 0 unspecified atom stereocenters. The van der Waals surface area contributed by atoms with Gasteiger partial charge in [0.1, 0.15) is 6.04 Å². The van der Waals surface area contributed by atoms with Crippen LogP contribution >= 0.6 is 0 Å². The van der Waals surface area contributed by atoms with Crippen LogP contribution in [0.15, 0.2) is 72.8 Å². The van der Waals surface area contributed by atoms with Gasteiger partial charge in [-0.2, -0.15) is 5.21 Å². The standard InChI is InChI=1S/C38H45N9O6/c48-35(39-15-16-47-17-19-53-20-18-47)31-6-2-5-30(23-31)29-4-1-3-26(21-29)22-33(42-36(49)28-9-7-25(8-10-28)24-40-38(51)52)37(50)41-32-13-11-27(12-14-32)34-43-45-46-44-34/h1-6,11-14,21,23,25,28,33,40H,7-10,15-20,22,24H2,(H,39,48)(H,41,50)(H,42,49)(H,51,52)(H,43,44,45,46)/t25?,28?,33-/m0/s1. The van der Waals surface area contributed by atoms with Crippen LogP contribution in [0.4, 0.5) is 10.5 Å². The summed E-state index contributed by atoms with van der Waals surface area (Å²) in [5, 5.41) is 34.4. The van der Waals surface area contributed by atoms with Crippen molar-refractivity contribution in [2.24, 2.45) is 11.8 Å². The first kappa shape index (κ1) is 37.1. The number of nitrogens with one attached hydrogen (secondary N) is 5. The van der Waals surface area contributed by atoms with E-state index in [1.807, 2.05) is 42.5 Å². The van der Waals surface area contributed by atoms with Gasteiger partial charge in [-0.15, -0.1) is 10.2 Å². The molecule has 1 aromatic heterocycles. The van der Waals surface area contributed by atoms with Crippen molar-refractivity contribution < 1.29 is 29.0 Å². The van der Waals surface area contributed by atoms with Crippen LogP contribution in [0.2, 0.25) is 0 Å². The summed E-state index contributed by atoms with van der Waals surface area (Å²) in [6.07, 6.45) is 1.82. The van der Waals surface area contributed by atoms with E-state index in [-0.39, 0.29) is 36.0 Å². The predicted octanol–water partition coefficient (Wildman–Crippen LogP) is 3.34. The van der Waals surface area contributed by atoms with E-state index in [4.69, 9.17) is 9.84 Å². The van der Waals surface area contributed by atoms with Gasteiger partial charge in [-0.25, -0.2) is 4.79 Å². The van der Waals surface area contributed by atoms with Gasteiger partial charge >= 0.3 is 6.09 Å². The molecule has 3 aromatic carbocycles. The fourth-order valence-corrected chi connectivity index (χ4v) is 6.78. The molecule has 6 N–H and O–H groups in total. The van der Waals surface area contributed by atoms with E-state index >= 15 is 0 Å². The Labute approximate surface area is 307 Å². The van der Waals surface area contributed by atoms with E-state index in [1.165, 1.54) is 0 Å². The van der Waals surface area contributed by atoms with Gasteiger partial charge in [-0.3, -0.25) is 19.3 Å². The number of hydrogen-bond acceptors (Lipinski definition) is 9. The molecule has 2 heterocycles. The lowest BCUT2D eigenvalue weighted by Crippen LogP contribution is -2.48. The average molecular weight is 724 g/mol. The molecule has 53 heavy (non-hydrogen) atoms. The number of carbonyl (C=O) groups excluding carboxylic acids is 3. The molecular weight excluding hydrogens is 678 g/mol. The summed E-state index contributed by atoms with van der Waals surface area (Å²) in [5.41, 5.74) is 4.39. The number of anilines is 1. The quantitative estimate of drug-likeness (QED) is 0.112. The van der Waals surface area contributed by atoms with Crippen molar-refractivity contribution in [3.05, 3.63) is 83.9 Å². The Balaban J connectivity index is 1.13. The molecule has 278 valence electrons. The zero-order chi connectivity index (χ0) is 37.0. The zero-order valence-electron chi connectivity index (χ0n) is 29.4. The molecule has 4 aromatic rings. The van der Waals surface area contributed by atoms with Crippen molar-refractivity contribution in [1.82, 2.24) is 41.5 Å². The number of tetrazole rings is 1. The SMILES string of the molecule is O=C(O)NCC1CCC(C(=O)N[C@@H](Cc2cccc(-c3cccc(C(=O)NCCN4CCOCC4)c3)c2)C(=O)Nc2ccc(-c3nn[nH]n3)cc2)CC1. The second kappa shape index (κ2) is 18.2. The van der Waals surface area contributed by atoms with Gasteiger partial charge in [0, 0.05) is 61.9 Å². The molecule has 1 atom stereocenters. The number of aromatic nitrogens is 4. The Morgan fingerprint density at radius 1 is 0.887 bits per heavy atom. The molecule has 0 spiro atoms. The van der Waals surface area contributed by atoms with Crippen LogP contribution in [0.25, 0.3) is 22.5 Å². The van der Waals surface area contributed by atoms with Gasteiger partial charge in [0.25, 0.3) is 5.91 Å². The van der Waals surface area contributed by atoms with Crippen LogP contribution in [-0.4, -0.2) is 106 Å². The minimum atomic E-state index is -1.06. The topological polar surface area (TPSA) is 204 Å². The number of hydrogen-bond donors (Lipinski definition) is 6. The second-order valence-electron chi connectivity index (χ2n) is 13.5. The highest BCUT2D eigenvalue weighted by molar-refractivity contribution is 5.98. The van der Waals surface area contributed by atoms with Crippen molar-refractivity contribution in [3.8, 4) is 22.5 Å². The smallest absolute Gasteiger partial charge is 0.404 e. The van der Waals surface area contributed by atoms with E-state index in [2.05, 4.69) is 46.8 Å². The third-order valence-electron chi connectivity index (χ3n) is 9.79. The van der Waals surface area contributed by atoms with E-state index < -0.39 is 12.1 Å². The fourth-order valence-electron chi connectivity index (χ4n) is 6.78. The predicted molar refractivity (Wildman–Crippen MR) is 197 cm³/mol. The maximum atomic E-state index is 13.8. The van der Waals surface area contributed by atoms with Crippen molar-refractivity contribution in [1.29, 1.82) is 0 Å². The molecule has 2 fully saturated rings. The van der Waals surface area contributed by atoms with Crippen LogP contribution in [0.1, 0.15) is 41.6 Å². The Kier molecular flexibility index (Phi) is 12.7. The summed E-state index contributed by atoms with van der Waals surface area (Å²) in [6, 6.07) is 21.3. The van der Waals surface area contributed by atoms with Crippen LogP contribution in [0, 0.1) is 11.8 Å². The summed E-state index contributed by atoms with van der Waals surface area (Å²) < 4.78 is 5.40. The van der Waals surface area contributed by atoms with Gasteiger partial charge in [0.15, 0.2) is 0 Å². The molecule has 15 heteroatoms. The minimum absolute atomic E-state index is 0.145. The monoisotopic (exact) mass is 723 g/mol. The maximum absolute atomic E-state index is 13.8. The summed E-state index contributed by atoms with van der Waals surface area (Å²) in [6.45, 7) is 4.80.